The second-order valence-electron chi connectivity index (χ2n) is 8.98. The van der Waals surface area contributed by atoms with E-state index in [9.17, 15) is 14.0 Å². The van der Waals surface area contributed by atoms with Gasteiger partial charge < -0.3 is 19.0 Å². The third-order valence-corrected chi connectivity index (χ3v) is 7.53. The molecule has 0 N–H and O–H groups in total. The van der Waals surface area contributed by atoms with Gasteiger partial charge in [0.2, 0.25) is 5.91 Å². The van der Waals surface area contributed by atoms with Crippen LogP contribution in [0.25, 0.3) is 0 Å². The van der Waals surface area contributed by atoms with Crippen molar-refractivity contribution in [2.45, 2.75) is 25.9 Å². The number of benzene rings is 2. The van der Waals surface area contributed by atoms with Gasteiger partial charge in [-0.15, -0.1) is 11.3 Å². The highest BCUT2D eigenvalue weighted by atomic mass is 32.1. The summed E-state index contributed by atoms with van der Waals surface area (Å²) in [5, 5.41) is 2.01. The van der Waals surface area contributed by atoms with E-state index in [1.807, 2.05) is 36.6 Å². The van der Waals surface area contributed by atoms with Crippen LogP contribution in [0, 0.1) is 12.7 Å². The number of amides is 2. The van der Waals surface area contributed by atoms with Gasteiger partial charge in [0.1, 0.15) is 30.5 Å². The number of rotatable bonds is 8. The maximum atomic E-state index is 13.8. The number of thiophene rings is 1. The van der Waals surface area contributed by atoms with E-state index in [1.165, 1.54) is 21.9 Å². The second kappa shape index (κ2) is 11.0. The van der Waals surface area contributed by atoms with Crippen LogP contribution < -0.4 is 4.74 Å². The number of hydrogen-bond acceptors (Lipinski definition) is 5. The zero-order chi connectivity index (χ0) is 25.8. The predicted octanol–water partition coefficient (Wildman–Crippen LogP) is 5.64. The molecule has 6 nitrogen and oxygen atoms in total. The SMILES string of the molecule is Cc1ccccc1C(=O)N(CC(=O)N1CCc2sccc2C1COc1cccc(F)c1)Cc1ccco1. The lowest BCUT2D eigenvalue weighted by molar-refractivity contribution is -0.135. The van der Waals surface area contributed by atoms with E-state index in [0.717, 1.165) is 17.5 Å². The lowest BCUT2D eigenvalue weighted by Gasteiger charge is -2.37. The van der Waals surface area contributed by atoms with Gasteiger partial charge in [-0.05, 0) is 66.2 Å². The maximum absolute atomic E-state index is 13.8. The van der Waals surface area contributed by atoms with E-state index >= 15 is 0 Å². The first-order chi connectivity index (χ1) is 18.0. The minimum absolute atomic E-state index is 0.107. The summed E-state index contributed by atoms with van der Waals surface area (Å²) in [5.41, 5.74) is 2.42. The molecule has 190 valence electrons. The molecule has 1 aliphatic heterocycles. The highest BCUT2D eigenvalue weighted by molar-refractivity contribution is 7.10. The molecular formula is C29H27FN2O4S. The first-order valence-corrected chi connectivity index (χ1v) is 13.0. The largest absolute Gasteiger partial charge is 0.491 e. The fourth-order valence-corrected chi connectivity index (χ4v) is 5.56. The molecule has 3 heterocycles. The summed E-state index contributed by atoms with van der Waals surface area (Å²) in [7, 11) is 0. The summed E-state index contributed by atoms with van der Waals surface area (Å²) in [6, 6.07) is 18.5. The molecule has 4 aromatic rings. The number of hydrogen-bond donors (Lipinski definition) is 0. The molecule has 1 unspecified atom stereocenters. The zero-order valence-electron chi connectivity index (χ0n) is 20.4. The van der Waals surface area contributed by atoms with Crippen molar-refractivity contribution in [2.24, 2.45) is 0 Å². The molecule has 8 heteroatoms. The Hall–Kier alpha value is -3.91. The molecule has 0 aliphatic carbocycles. The highest BCUT2D eigenvalue weighted by Gasteiger charge is 2.34. The van der Waals surface area contributed by atoms with Crippen molar-refractivity contribution in [3.8, 4) is 5.75 Å². The van der Waals surface area contributed by atoms with Crippen molar-refractivity contribution in [1.29, 1.82) is 0 Å². The highest BCUT2D eigenvalue weighted by Crippen LogP contribution is 2.34. The normalized spacial score (nSPS) is 14.8. The number of halogens is 1. The minimum atomic E-state index is -0.381. The van der Waals surface area contributed by atoms with Crippen molar-refractivity contribution in [3.63, 3.8) is 0 Å². The number of carbonyl (C=O) groups excluding carboxylic acids is 2. The van der Waals surface area contributed by atoms with E-state index in [4.69, 9.17) is 9.15 Å². The maximum Gasteiger partial charge on any atom is 0.255 e. The van der Waals surface area contributed by atoms with Gasteiger partial charge in [0.25, 0.3) is 5.91 Å². The Kier molecular flexibility index (Phi) is 7.37. The number of aryl methyl sites for hydroxylation is 1. The Bertz CT molecular complexity index is 1380. The summed E-state index contributed by atoms with van der Waals surface area (Å²) in [4.78, 5) is 31.8. The van der Waals surface area contributed by atoms with Gasteiger partial charge >= 0.3 is 0 Å². The number of ether oxygens (including phenoxy) is 1. The molecule has 2 amide bonds. The lowest BCUT2D eigenvalue weighted by atomic mass is 10.00. The zero-order valence-corrected chi connectivity index (χ0v) is 21.2. The van der Waals surface area contributed by atoms with Crippen LogP contribution in [-0.2, 0) is 17.8 Å². The van der Waals surface area contributed by atoms with E-state index in [-0.39, 0.29) is 43.4 Å². The molecule has 5 rings (SSSR count). The standard InChI is InChI=1S/C29H27FN2O4S/c1-20-6-2-3-10-24(20)29(34)31(17-23-9-5-14-35-23)18-28(33)32-13-11-27-25(12-15-37-27)26(32)19-36-22-8-4-7-21(30)16-22/h2-10,12,14-16,26H,11,13,17-19H2,1H3. The van der Waals surface area contributed by atoms with Crippen LogP contribution in [0.2, 0.25) is 0 Å². The average molecular weight is 519 g/mol. The molecular weight excluding hydrogens is 491 g/mol. The monoisotopic (exact) mass is 518 g/mol. The Balaban J connectivity index is 1.38. The Morgan fingerprint density at radius 2 is 2.00 bits per heavy atom. The summed E-state index contributed by atoms with van der Waals surface area (Å²) in [6.45, 7) is 2.64. The molecule has 37 heavy (non-hydrogen) atoms. The number of carbonyl (C=O) groups is 2. The topological polar surface area (TPSA) is 63.0 Å². The van der Waals surface area contributed by atoms with Gasteiger partial charge in [-0.3, -0.25) is 9.59 Å². The molecule has 0 bridgehead atoms. The van der Waals surface area contributed by atoms with Crippen LogP contribution in [0.1, 0.15) is 38.2 Å². The quantitative estimate of drug-likeness (QED) is 0.303. The van der Waals surface area contributed by atoms with Crippen molar-refractivity contribution in [1.82, 2.24) is 9.80 Å². The molecule has 2 aromatic carbocycles. The molecule has 0 saturated heterocycles. The van der Waals surface area contributed by atoms with Gasteiger partial charge in [-0.25, -0.2) is 4.39 Å². The smallest absolute Gasteiger partial charge is 0.255 e. The Morgan fingerprint density at radius 3 is 2.78 bits per heavy atom. The summed E-state index contributed by atoms with van der Waals surface area (Å²) in [5.74, 6) is 0.207. The lowest BCUT2D eigenvalue weighted by Crippen LogP contribution is -2.47. The van der Waals surface area contributed by atoms with Gasteiger partial charge in [0.15, 0.2) is 0 Å². The van der Waals surface area contributed by atoms with Crippen LogP contribution in [0.3, 0.4) is 0 Å². The van der Waals surface area contributed by atoms with E-state index in [2.05, 4.69) is 0 Å². The minimum Gasteiger partial charge on any atom is -0.491 e. The summed E-state index contributed by atoms with van der Waals surface area (Å²) >= 11 is 1.66. The van der Waals surface area contributed by atoms with Crippen molar-refractivity contribution >= 4 is 23.2 Å². The third kappa shape index (κ3) is 5.59. The fraction of sp³-hybridized carbons (Fsp3) is 0.241. The average Bonchev–Trinajstić information content (AvgIpc) is 3.59. The first kappa shape index (κ1) is 24.8. The Morgan fingerprint density at radius 1 is 1.14 bits per heavy atom. The Labute approximate surface area is 218 Å². The van der Waals surface area contributed by atoms with E-state index in [0.29, 0.717) is 23.6 Å². The molecule has 2 aromatic heterocycles. The fourth-order valence-electron chi connectivity index (χ4n) is 4.63. The molecule has 0 saturated carbocycles. The molecule has 0 radical (unpaired) electrons. The van der Waals surface area contributed by atoms with Gasteiger partial charge in [-0.1, -0.05) is 24.3 Å². The number of nitrogens with zero attached hydrogens (tertiary/aromatic N) is 2. The summed E-state index contributed by atoms with van der Waals surface area (Å²) < 4.78 is 25.1. The van der Waals surface area contributed by atoms with E-state index in [1.54, 1.807) is 52.8 Å². The molecule has 0 fully saturated rings. The predicted molar refractivity (Wildman–Crippen MR) is 139 cm³/mol. The molecule has 1 atom stereocenters. The third-order valence-electron chi connectivity index (χ3n) is 6.53. The van der Waals surface area contributed by atoms with Crippen LogP contribution >= 0.6 is 11.3 Å². The number of fused-ring (bicyclic) bond motifs is 1. The van der Waals surface area contributed by atoms with Gasteiger partial charge in [0.05, 0.1) is 18.8 Å². The summed E-state index contributed by atoms with van der Waals surface area (Å²) in [6.07, 6.45) is 2.29. The second-order valence-corrected chi connectivity index (χ2v) is 9.98. The van der Waals surface area contributed by atoms with Gasteiger partial charge in [-0.2, -0.15) is 0 Å². The van der Waals surface area contributed by atoms with Crippen LogP contribution in [-0.4, -0.2) is 41.3 Å². The molecule has 1 aliphatic rings. The van der Waals surface area contributed by atoms with E-state index < -0.39 is 0 Å². The van der Waals surface area contributed by atoms with Gasteiger partial charge in [0, 0.05) is 23.1 Å². The van der Waals surface area contributed by atoms with Crippen LogP contribution in [0.4, 0.5) is 4.39 Å². The van der Waals surface area contributed by atoms with Crippen molar-refractivity contribution < 1.29 is 23.1 Å². The number of furan rings is 1. The van der Waals surface area contributed by atoms with Crippen molar-refractivity contribution in [2.75, 3.05) is 19.7 Å². The van der Waals surface area contributed by atoms with Crippen LogP contribution in [0.15, 0.2) is 82.8 Å². The van der Waals surface area contributed by atoms with Crippen molar-refractivity contribution in [3.05, 3.63) is 112 Å². The van der Waals surface area contributed by atoms with Crippen LogP contribution in [0.5, 0.6) is 5.75 Å². The molecule has 0 spiro atoms. The first-order valence-electron chi connectivity index (χ1n) is 12.1.